The summed E-state index contributed by atoms with van der Waals surface area (Å²) in [6.45, 7) is 0. The number of benzene rings is 1. The van der Waals surface area contributed by atoms with Crippen LogP contribution in [-0.2, 0) is 0 Å². The lowest BCUT2D eigenvalue weighted by Gasteiger charge is -2.32. The van der Waals surface area contributed by atoms with E-state index in [1.54, 1.807) is 0 Å². The molecule has 112 valence electrons. The number of hydrogen-bond donors (Lipinski definition) is 1. The average molecular weight is 291 g/mol. The first-order valence-corrected chi connectivity index (χ1v) is 7.90. The molecule has 0 aromatic heterocycles. The van der Waals surface area contributed by atoms with E-state index < -0.39 is 17.5 Å². The second kappa shape index (κ2) is 4.79. The van der Waals surface area contributed by atoms with Gasteiger partial charge >= 0.3 is 0 Å². The minimum atomic E-state index is -1.04. The molecule has 5 atom stereocenters. The number of carbonyl (C=O) groups excluding carboxylic acids is 1. The average Bonchev–Trinajstić information content (AvgIpc) is 3.13. The molecule has 0 saturated heterocycles. The molecule has 1 aromatic carbocycles. The highest BCUT2D eigenvalue weighted by atomic mass is 19.2. The van der Waals surface area contributed by atoms with Crippen LogP contribution in [0.15, 0.2) is 18.2 Å². The van der Waals surface area contributed by atoms with E-state index in [0.717, 1.165) is 30.2 Å². The Kier molecular flexibility index (Phi) is 3.02. The lowest BCUT2D eigenvalue weighted by atomic mass is 9.79. The third-order valence-electron chi connectivity index (χ3n) is 5.94. The third-order valence-corrected chi connectivity index (χ3v) is 5.94. The maximum atomic E-state index is 13.7. The summed E-state index contributed by atoms with van der Waals surface area (Å²) in [5, 5.41) is 2.96. The summed E-state index contributed by atoms with van der Waals surface area (Å²) < 4.78 is 26.9. The van der Waals surface area contributed by atoms with E-state index in [0.29, 0.717) is 5.92 Å². The van der Waals surface area contributed by atoms with Crippen LogP contribution in [-0.4, -0.2) is 11.9 Å². The molecule has 2 bridgehead atoms. The summed E-state index contributed by atoms with van der Waals surface area (Å²) in [5.74, 6) is 0.385. The minimum absolute atomic E-state index is 0.143. The van der Waals surface area contributed by atoms with Crippen LogP contribution in [0.4, 0.5) is 8.78 Å². The number of amides is 1. The molecule has 2 nitrogen and oxygen atoms in total. The summed E-state index contributed by atoms with van der Waals surface area (Å²) in [6.07, 6.45) is 6.12. The molecule has 0 heterocycles. The fourth-order valence-corrected chi connectivity index (χ4v) is 5.16. The Balaban J connectivity index is 1.50. The predicted molar refractivity (Wildman–Crippen MR) is 74.7 cm³/mol. The van der Waals surface area contributed by atoms with Gasteiger partial charge in [-0.05, 0) is 61.5 Å². The molecule has 4 rings (SSSR count). The Morgan fingerprint density at radius 3 is 2.76 bits per heavy atom. The van der Waals surface area contributed by atoms with Gasteiger partial charge in [-0.25, -0.2) is 8.78 Å². The molecule has 3 aliphatic rings. The van der Waals surface area contributed by atoms with Gasteiger partial charge < -0.3 is 5.32 Å². The van der Waals surface area contributed by atoms with Crippen LogP contribution >= 0.6 is 0 Å². The van der Waals surface area contributed by atoms with E-state index >= 15 is 0 Å². The van der Waals surface area contributed by atoms with Crippen LogP contribution in [0.3, 0.4) is 0 Å². The molecule has 3 saturated carbocycles. The Bertz CT molecular complexity index is 588. The number of carbonyl (C=O) groups is 1. The van der Waals surface area contributed by atoms with Crippen molar-refractivity contribution in [3.63, 3.8) is 0 Å². The number of hydrogen-bond acceptors (Lipinski definition) is 1. The largest absolute Gasteiger partial charge is 0.349 e. The van der Waals surface area contributed by atoms with E-state index in [9.17, 15) is 13.6 Å². The maximum absolute atomic E-state index is 13.7. The van der Waals surface area contributed by atoms with Crippen molar-refractivity contribution in [2.24, 2.45) is 23.7 Å². The van der Waals surface area contributed by atoms with Crippen molar-refractivity contribution in [2.45, 2.75) is 38.1 Å². The summed E-state index contributed by atoms with van der Waals surface area (Å²) in [6, 6.07) is 3.90. The Hall–Kier alpha value is -1.45. The standard InChI is InChI=1S/C17H19F2NO/c18-14-6-2-5-12(16(14)19)17(21)20-15-8-9-7-13(15)11-4-1-3-10(9)11/h2,5-6,9-11,13,15H,1,3-4,7-8H2,(H,20,21). The molecular weight excluding hydrogens is 272 g/mol. The van der Waals surface area contributed by atoms with E-state index in [4.69, 9.17) is 0 Å². The zero-order valence-electron chi connectivity index (χ0n) is 11.8. The molecule has 21 heavy (non-hydrogen) atoms. The van der Waals surface area contributed by atoms with Crippen LogP contribution in [0.2, 0.25) is 0 Å². The Morgan fingerprint density at radius 1 is 1.10 bits per heavy atom. The summed E-state index contributed by atoms with van der Waals surface area (Å²) >= 11 is 0. The van der Waals surface area contributed by atoms with Crippen molar-refractivity contribution in [1.82, 2.24) is 5.32 Å². The van der Waals surface area contributed by atoms with Crippen LogP contribution in [0.5, 0.6) is 0 Å². The quantitative estimate of drug-likeness (QED) is 0.887. The van der Waals surface area contributed by atoms with Crippen molar-refractivity contribution in [1.29, 1.82) is 0 Å². The van der Waals surface area contributed by atoms with Crippen LogP contribution < -0.4 is 5.32 Å². The second-order valence-electron chi connectivity index (χ2n) is 6.84. The van der Waals surface area contributed by atoms with Gasteiger partial charge in [0, 0.05) is 6.04 Å². The molecule has 3 aliphatic carbocycles. The van der Waals surface area contributed by atoms with E-state index in [1.165, 1.54) is 37.8 Å². The monoisotopic (exact) mass is 291 g/mol. The molecule has 4 heteroatoms. The predicted octanol–water partition coefficient (Wildman–Crippen LogP) is 3.52. The lowest BCUT2D eigenvalue weighted by molar-refractivity contribution is 0.0896. The van der Waals surface area contributed by atoms with Gasteiger partial charge in [0.2, 0.25) is 0 Å². The number of nitrogens with one attached hydrogen (secondary N) is 1. The molecule has 3 fully saturated rings. The fourth-order valence-electron chi connectivity index (χ4n) is 5.16. The van der Waals surface area contributed by atoms with Crippen molar-refractivity contribution in [2.75, 3.05) is 0 Å². The normalized spacial score (nSPS) is 36.8. The van der Waals surface area contributed by atoms with Crippen LogP contribution in [0.25, 0.3) is 0 Å². The van der Waals surface area contributed by atoms with Crippen LogP contribution in [0, 0.1) is 35.3 Å². The Morgan fingerprint density at radius 2 is 1.90 bits per heavy atom. The van der Waals surface area contributed by atoms with Gasteiger partial charge in [-0.3, -0.25) is 4.79 Å². The smallest absolute Gasteiger partial charge is 0.254 e. The highest BCUT2D eigenvalue weighted by Gasteiger charge is 2.54. The molecule has 5 unspecified atom stereocenters. The summed E-state index contributed by atoms with van der Waals surface area (Å²) in [7, 11) is 0. The van der Waals surface area contributed by atoms with Gasteiger partial charge in [0.25, 0.3) is 5.91 Å². The number of rotatable bonds is 2. The van der Waals surface area contributed by atoms with Gasteiger partial charge in [0.05, 0.1) is 5.56 Å². The molecule has 0 aliphatic heterocycles. The number of fused-ring (bicyclic) bond motifs is 5. The first-order chi connectivity index (χ1) is 10.1. The van der Waals surface area contributed by atoms with Gasteiger partial charge in [-0.15, -0.1) is 0 Å². The highest BCUT2D eigenvalue weighted by molar-refractivity contribution is 5.94. The summed E-state index contributed by atoms with van der Waals surface area (Å²) in [5.41, 5.74) is -0.180. The molecule has 0 radical (unpaired) electrons. The van der Waals surface area contributed by atoms with E-state index in [2.05, 4.69) is 5.32 Å². The van der Waals surface area contributed by atoms with Crippen molar-refractivity contribution < 1.29 is 13.6 Å². The van der Waals surface area contributed by atoms with E-state index in [-0.39, 0.29) is 11.6 Å². The zero-order chi connectivity index (χ0) is 14.6. The third kappa shape index (κ3) is 1.99. The topological polar surface area (TPSA) is 29.1 Å². The van der Waals surface area contributed by atoms with Gasteiger partial charge in [0.1, 0.15) is 0 Å². The molecule has 1 N–H and O–H groups in total. The second-order valence-corrected chi connectivity index (χ2v) is 6.84. The molecular formula is C17H19F2NO. The van der Waals surface area contributed by atoms with Gasteiger partial charge in [-0.2, -0.15) is 0 Å². The van der Waals surface area contributed by atoms with E-state index in [1.807, 2.05) is 0 Å². The first kappa shape index (κ1) is 13.2. The molecule has 1 amide bonds. The highest BCUT2D eigenvalue weighted by Crippen LogP contribution is 2.58. The SMILES string of the molecule is O=C(NC1CC2CC1C1CCCC21)c1cccc(F)c1F. The van der Waals surface area contributed by atoms with Gasteiger partial charge in [-0.1, -0.05) is 12.5 Å². The lowest BCUT2D eigenvalue weighted by Crippen LogP contribution is -2.42. The fraction of sp³-hybridized carbons (Fsp3) is 0.588. The van der Waals surface area contributed by atoms with Crippen molar-refractivity contribution in [3.05, 3.63) is 35.4 Å². The zero-order valence-corrected chi connectivity index (χ0v) is 11.8. The maximum Gasteiger partial charge on any atom is 0.254 e. The number of halogens is 2. The minimum Gasteiger partial charge on any atom is -0.349 e. The first-order valence-electron chi connectivity index (χ1n) is 7.90. The van der Waals surface area contributed by atoms with Crippen molar-refractivity contribution in [3.8, 4) is 0 Å². The Labute approximate surface area is 122 Å². The van der Waals surface area contributed by atoms with Gasteiger partial charge in [0.15, 0.2) is 11.6 Å². The molecule has 0 spiro atoms. The summed E-state index contributed by atoms with van der Waals surface area (Å²) in [4.78, 5) is 12.2. The molecule has 1 aromatic rings. The van der Waals surface area contributed by atoms with Crippen molar-refractivity contribution >= 4 is 5.91 Å². The van der Waals surface area contributed by atoms with Crippen LogP contribution in [0.1, 0.15) is 42.5 Å².